The van der Waals surface area contributed by atoms with Crippen LogP contribution in [-0.4, -0.2) is 39.6 Å². The van der Waals surface area contributed by atoms with E-state index in [0.717, 1.165) is 15.6 Å². The minimum absolute atomic E-state index is 0.251. The van der Waals surface area contributed by atoms with E-state index in [1.807, 2.05) is 47.0 Å². The SMILES string of the molecule is FC(F)c1nnc2ccc(Sc3nnc(-c4cccnc4)n3Cc3ccccc3)nn12. The predicted molar refractivity (Wildman–Crippen MR) is 109 cm³/mol. The van der Waals surface area contributed by atoms with Crippen LogP contribution in [0.4, 0.5) is 8.78 Å². The zero-order valence-corrected chi connectivity index (χ0v) is 16.7. The maximum absolute atomic E-state index is 13.2. The number of hydrogen-bond acceptors (Lipinski definition) is 7. The van der Waals surface area contributed by atoms with Gasteiger partial charge in [-0.05, 0) is 41.6 Å². The molecule has 0 fully saturated rings. The Morgan fingerprint density at radius 3 is 2.55 bits per heavy atom. The maximum atomic E-state index is 13.2. The van der Waals surface area contributed by atoms with Gasteiger partial charge in [-0.1, -0.05) is 30.3 Å². The van der Waals surface area contributed by atoms with E-state index in [2.05, 4.69) is 30.5 Å². The lowest BCUT2D eigenvalue weighted by Crippen LogP contribution is -2.05. The van der Waals surface area contributed by atoms with E-state index in [9.17, 15) is 8.78 Å². The van der Waals surface area contributed by atoms with Crippen molar-refractivity contribution in [2.75, 3.05) is 0 Å². The molecule has 0 aliphatic rings. The molecule has 0 N–H and O–H groups in total. The fraction of sp³-hybridized carbons (Fsp3) is 0.100. The van der Waals surface area contributed by atoms with E-state index in [-0.39, 0.29) is 5.65 Å². The van der Waals surface area contributed by atoms with Crippen molar-refractivity contribution < 1.29 is 8.78 Å². The van der Waals surface area contributed by atoms with Gasteiger partial charge in [0.25, 0.3) is 6.43 Å². The second kappa shape index (κ2) is 8.19. The number of pyridine rings is 1. The number of aromatic nitrogens is 8. The molecule has 0 atom stereocenters. The molecule has 11 heteroatoms. The van der Waals surface area contributed by atoms with E-state index in [0.29, 0.717) is 22.6 Å². The summed E-state index contributed by atoms with van der Waals surface area (Å²) in [6.45, 7) is 0.525. The van der Waals surface area contributed by atoms with Gasteiger partial charge in [0, 0.05) is 18.0 Å². The molecule has 5 rings (SSSR count). The van der Waals surface area contributed by atoms with Crippen LogP contribution in [0.2, 0.25) is 0 Å². The van der Waals surface area contributed by atoms with E-state index < -0.39 is 12.2 Å². The van der Waals surface area contributed by atoms with Crippen LogP contribution in [0.3, 0.4) is 0 Å². The standard InChI is InChI=1S/C20H14F2N8S/c21-17(22)19-26-24-15-8-9-16(28-30(15)19)31-20-27-25-18(14-7-4-10-23-11-14)29(20)12-13-5-2-1-3-6-13/h1-11,17H,12H2. The molecule has 0 saturated carbocycles. The predicted octanol–water partition coefficient (Wildman–Crippen LogP) is 3.91. The van der Waals surface area contributed by atoms with Crippen molar-refractivity contribution in [2.24, 2.45) is 0 Å². The number of alkyl halides is 2. The fourth-order valence-electron chi connectivity index (χ4n) is 3.05. The molecule has 8 nitrogen and oxygen atoms in total. The van der Waals surface area contributed by atoms with Crippen LogP contribution in [0.5, 0.6) is 0 Å². The molecule has 0 amide bonds. The van der Waals surface area contributed by atoms with Gasteiger partial charge < -0.3 is 0 Å². The van der Waals surface area contributed by atoms with Crippen molar-refractivity contribution in [3.63, 3.8) is 0 Å². The van der Waals surface area contributed by atoms with E-state index >= 15 is 0 Å². The molecule has 154 valence electrons. The highest BCUT2D eigenvalue weighted by molar-refractivity contribution is 7.99. The Morgan fingerprint density at radius 1 is 0.903 bits per heavy atom. The van der Waals surface area contributed by atoms with Crippen LogP contribution in [0.25, 0.3) is 17.0 Å². The van der Waals surface area contributed by atoms with Crippen molar-refractivity contribution in [3.8, 4) is 11.4 Å². The first-order valence-corrected chi connectivity index (χ1v) is 10.1. The third-order valence-corrected chi connectivity index (χ3v) is 5.39. The molecular formula is C20H14F2N8S. The first-order chi connectivity index (χ1) is 15.2. The Hall–Kier alpha value is -3.73. The summed E-state index contributed by atoms with van der Waals surface area (Å²) in [5.74, 6) is 0.150. The Bertz CT molecular complexity index is 1320. The monoisotopic (exact) mass is 436 g/mol. The Kier molecular flexibility index (Phi) is 5.08. The van der Waals surface area contributed by atoms with Crippen LogP contribution in [-0.2, 0) is 6.54 Å². The average molecular weight is 436 g/mol. The number of benzene rings is 1. The van der Waals surface area contributed by atoms with Gasteiger partial charge >= 0.3 is 0 Å². The second-order valence-corrected chi connectivity index (χ2v) is 7.51. The van der Waals surface area contributed by atoms with Gasteiger partial charge in [-0.15, -0.1) is 20.4 Å². The number of fused-ring (bicyclic) bond motifs is 1. The normalized spacial score (nSPS) is 11.5. The lowest BCUT2D eigenvalue weighted by molar-refractivity contribution is 0.137. The summed E-state index contributed by atoms with van der Waals surface area (Å²) in [6.07, 6.45) is 0.633. The molecule has 0 aliphatic heterocycles. The summed E-state index contributed by atoms with van der Waals surface area (Å²) in [5.41, 5.74) is 2.14. The zero-order valence-electron chi connectivity index (χ0n) is 15.9. The van der Waals surface area contributed by atoms with Gasteiger partial charge in [-0.3, -0.25) is 9.55 Å². The Balaban J connectivity index is 1.55. The number of rotatable bonds is 6. The molecule has 4 heterocycles. The van der Waals surface area contributed by atoms with Gasteiger partial charge in [-0.25, -0.2) is 8.78 Å². The largest absolute Gasteiger partial charge is 0.299 e. The number of nitrogens with zero attached hydrogens (tertiary/aromatic N) is 8. The summed E-state index contributed by atoms with van der Waals surface area (Å²) in [5, 5.41) is 21.2. The molecule has 0 saturated heterocycles. The van der Waals surface area contributed by atoms with E-state index in [4.69, 9.17) is 0 Å². The van der Waals surface area contributed by atoms with Crippen LogP contribution >= 0.6 is 11.8 Å². The summed E-state index contributed by atoms with van der Waals surface area (Å²) < 4.78 is 29.4. The molecule has 0 unspecified atom stereocenters. The van der Waals surface area contributed by atoms with Crippen molar-refractivity contribution in [1.82, 2.24) is 39.6 Å². The lowest BCUT2D eigenvalue weighted by Gasteiger charge is -2.10. The molecule has 1 aromatic carbocycles. The highest BCUT2D eigenvalue weighted by atomic mass is 32.2. The van der Waals surface area contributed by atoms with Gasteiger partial charge in [0.15, 0.2) is 16.6 Å². The van der Waals surface area contributed by atoms with E-state index in [1.165, 1.54) is 11.8 Å². The molecule has 0 bridgehead atoms. The third-order valence-electron chi connectivity index (χ3n) is 4.47. The molecule has 0 radical (unpaired) electrons. The molecule has 5 aromatic rings. The van der Waals surface area contributed by atoms with E-state index in [1.54, 1.807) is 24.5 Å². The Morgan fingerprint density at radius 2 is 1.77 bits per heavy atom. The van der Waals surface area contributed by atoms with Gasteiger partial charge in [0.2, 0.25) is 5.82 Å². The summed E-state index contributed by atoms with van der Waals surface area (Å²) in [7, 11) is 0. The first kappa shape index (κ1) is 19.2. The third kappa shape index (κ3) is 3.87. The van der Waals surface area contributed by atoms with Crippen molar-refractivity contribution in [3.05, 3.63) is 78.4 Å². The maximum Gasteiger partial charge on any atom is 0.299 e. The quantitative estimate of drug-likeness (QED) is 0.399. The van der Waals surface area contributed by atoms with Crippen LogP contribution in [0.1, 0.15) is 17.8 Å². The van der Waals surface area contributed by atoms with Gasteiger partial charge in [-0.2, -0.15) is 9.61 Å². The molecule has 0 aliphatic carbocycles. The smallest absolute Gasteiger partial charge is 0.297 e. The minimum atomic E-state index is -2.78. The topological polar surface area (TPSA) is 86.7 Å². The van der Waals surface area contributed by atoms with Gasteiger partial charge in [0.1, 0.15) is 5.03 Å². The Labute approximate surface area is 179 Å². The number of hydrogen-bond donors (Lipinski definition) is 0. The summed E-state index contributed by atoms with van der Waals surface area (Å²) in [6, 6.07) is 16.9. The van der Waals surface area contributed by atoms with Crippen LogP contribution in [0.15, 0.2) is 77.2 Å². The molecular weight excluding hydrogens is 422 g/mol. The minimum Gasteiger partial charge on any atom is -0.297 e. The number of halogens is 2. The molecule has 31 heavy (non-hydrogen) atoms. The van der Waals surface area contributed by atoms with Crippen molar-refractivity contribution >= 4 is 17.4 Å². The average Bonchev–Trinajstić information content (AvgIpc) is 3.39. The summed E-state index contributed by atoms with van der Waals surface area (Å²) in [4.78, 5) is 4.17. The fourth-order valence-corrected chi connectivity index (χ4v) is 3.84. The van der Waals surface area contributed by atoms with Crippen LogP contribution < -0.4 is 0 Å². The van der Waals surface area contributed by atoms with Crippen LogP contribution in [0, 0.1) is 0 Å². The molecule has 0 spiro atoms. The summed E-state index contributed by atoms with van der Waals surface area (Å²) >= 11 is 1.22. The second-order valence-electron chi connectivity index (χ2n) is 6.52. The highest BCUT2D eigenvalue weighted by Gasteiger charge is 2.19. The van der Waals surface area contributed by atoms with Crippen molar-refractivity contribution in [1.29, 1.82) is 0 Å². The lowest BCUT2D eigenvalue weighted by atomic mass is 10.2. The zero-order chi connectivity index (χ0) is 21.2. The van der Waals surface area contributed by atoms with Crippen molar-refractivity contribution in [2.45, 2.75) is 23.2 Å². The highest BCUT2D eigenvalue weighted by Crippen LogP contribution is 2.29. The molecule has 4 aromatic heterocycles. The first-order valence-electron chi connectivity index (χ1n) is 9.25. The van der Waals surface area contributed by atoms with Gasteiger partial charge in [0.05, 0.1) is 6.54 Å².